The Bertz CT molecular complexity index is 341. The molecule has 0 fully saturated rings. The second-order valence-corrected chi connectivity index (χ2v) is 10.1. The highest BCUT2D eigenvalue weighted by Gasteiger charge is 2.21. The number of halogens is 1. The van der Waals surface area contributed by atoms with Crippen molar-refractivity contribution in [2.45, 2.75) is 26.1 Å². The van der Waals surface area contributed by atoms with Crippen LogP contribution in [0, 0.1) is 0 Å². The standard InChI is InChI=1S/C13H19ClOSi/c1-16(2,3)13(10-7-11-14)15-12-8-5-4-6-9-12/h4-6,8-10H,7,11H2,1-3H3/b13-10+. The van der Waals surface area contributed by atoms with E-state index < -0.39 is 8.07 Å². The Morgan fingerprint density at radius 3 is 2.38 bits per heavy atom. The first kappa shape index (κ1) is 13.3. The van der Waals surface area contributed by atoms with Gasteiger partial charge >= 0.3 is 0 Å². The summed E-state index contributed by atoms with van der Waals surface area (Å²) < 4.78 is 5.95. The van der Waals surface area contributed by atoms with Crippen LogP contribution in [0.2, 0.25) is 19.6 Å². The third-order valence-corrected chi connectivity index (χ3v) is 4.15. The lowest BCUT2D eigenvalue weighted by Crippen LogP contribution is -2.27. The molecule has 0 bridgehead atoms. The molecule has 0 amide bonds. The number of allylic oxidation sites excluding steroid dienone is 1. The molecule has 1 rings (SSSR count). The molecule has 0 heterocycles. The smallest absolute Gasteiger partial charge is 0.126 e. The van der Waals surface area contributed by atoms with E-state index >= 15 is 0 Å². The first-order chi connectivity index (χ1) is 7.54. The largest absolute Gasteiger partial charge is 0.467 e. The normalized spacial score (nSPS) is 12.6. The zero-order valence-corrected chi connectivity index (χ0v) is 11.9. The van der Waals surface area contributed by atoms with Crippen LogP contribution in [-0.2, 0) is 0 Å². The molecule has 0 aliphatic rings. The summed E-state index contributed by atoms with van der Waals surface area (Å²) in [6.45, 7) is 6.82. The van der Waals surface area contributed by atoms with Crippen LogP contribution in [0.3, 0.4) is 0 Å². The Labute approximate surface area is 104 Å². The number of hydrogen-bond donors (Lipinski definition) is 0. The molecule has 0 aliphatic heterocycles. The molecule has 1 aromatic rings. The van der Waals surface area contributed by atoms with E-state index in [0.717, 1.165) is 17.6 Å². The molecule has 0 saturated carbocycles. The molecule has 16 heavy (non-hydrogen) atoms. The van der Waals surface area contributed by atoms with Crippen LogP contribution in [0.15, 0.2) is 41.8 Å². The third-order valence-electron chi connectivity index (χ3n) is 2.15. The Balaban J connectivity index is 2.80. The predicted octanol–water partition coefficient (Wildman–Crippen LogP) is 4.46. The summed E-state index contributed by atoms with van der Waals surface area (Å²) in [6.07, 6.45) is 3.00. The molecular weight excluding hydrogens is 236 g/mol. The van der Waals surface area contributed by atoms with Crippen LogP contribution in [0.1, 0.15) is 6.42 Å². The Kier molecular flexibility index (Phi) is 5.09. The van der Waals surface area contributed by atoms with Crippen molar-refractivity contribution in [1.29, 1.82) is 0 Å². The van der Waals surface area contributed by atoms with Gasteiger partial charge in [0.1, 0.15) is 13.8 Å². The van der Waals surface area contributed by atoms with Gasteiger partial charge in [-0.2, -0.15) is 0 Å². The van der Waals surface area contributed by atoms with Crippen LogP contribution >= 0.6 is 11.6 Å². The van der Waals surface area contributed by atoms with Gasteiger partial charge in [-0.05, 0) is 24.6 Å². The average Bonchev–Trinajstić information content (AvgIpc) is 2.24. The number of alkyl halides is 1. The van der Waals surface area contributed by atoms with Gasteiger partial charge in [0.25, 0.3) is 0 Å². The molecule has 0 radical (unpaired) electrons. The SMILES string of the molecule is C[Si](C)(C)/C(=C/CCCl)Oc1ccccc1. The second kappa shape index (κ2) is 6.11. The summed E-state index contributed by atoms with van der Waals surface area (Å²) in [5.41, 5.74) is 0. The van der Waals surface area contributed by atoms with Gasteiger partial charge in [0, 0.05) is 5.88 Å². The molecule has 0 unspecified atom stereocenters. The average molecular weight is 255 g/mol. The summed E-state index contributed by atoms with van der Waals surface area (Å²) in [7, 11) is -1.43. The maximum absolute atomic E-state index is 5.95. The van der Waals surface area contributed by atoms with Crippen LogP contribution in [0.25, 0.3) is 0 Å². The van der Waals surface area contributed by atoms with Crippen molar-refractivity contribution in [2.24, 2.45) is 0 Å². The molecule has 1 aromatic carbocycles. The monoisotopic (exact) mass is 254 g/mol. The Morgan fingerprint density at radius 1 is 1.25 bits per heavy atom. The fourth-order valence-corrected chi connectivity index (χ4v) is 2.59. The summed E-state index contributed by atoms with van der Waals surface area (Å²) in [6, 6.07) is 9.92. The van der Waals surface area contributed by atoms with E-state index in [1.54, 1.807) is 0 Å². The maximum Gasteiger partial charge on any atom is 0.126 e. The van der Waals surface area contributed by atoms with E-state index in [0.29, 0.717) is 5.88 Å². The van der Waals surface area contributed by atoms with Crippen LogP contribution in [0.4, 0.5) is 0 Å². The Hall–Kier alpha value is -0.733. The molecule has 0 aromatic heterocycles. The number of hydrogen-bond acceptors (Lipinski definition) is 1. The van der Waals surface area contributed by atoms with E-state index in [-0.39, 0.29) is 0 Å². The van der Waals surface area contributed by atoms with Gasteiger partial charge in [-0.3, -0.25) is 0 Å². The first-order valence-corrected chi connectivity index (χ1v) is 9.57. The summed E-state index contributed by atoms with van der Waals surface area (Å²) >= 11 is 5.71. The van der Waals surface area contributed by atoms with Crippen molar-refractivity contribution >= 4 is 19.7 Å². The topological polar surface area (TPSA) is 9.23 Å². The van der Waals surface area contributed by atoms with E-state index in [2.05, 4.69) is 25.7 Å². The van der Waals surface area contributed by atoms with Gasteiger partial charge in [0.2, 0.25) is 0 Å². The van der Waals surface area contributed by atoms with E-state index in [1.807, 2.05) is 30.3 Å². The van der Waals surface area contributed by atoms with Crippen molar-refractivity contribution in [1.82, 2.24) is 0 Å². The lowest BCUT2D eigenvalue weighted by Gasteiger charge is -2.21. The van der Waals surface area contributed by atoms with Gasteiger partial charge in [-0.25, -0.2) is 0 Å². The third kappa shape index (κ3) is 4.41. The minimum absolute atomic E-state index is 0.645. The highest BCUT2D eigenvalue weighted by molar-refractivity contribution is 6.82. The number of rotatable bonds is 5. The summed E-state index contributed by atoms with van der Waals surface area (Å²) in [5, 5.41) is 1.11. The molecule has 0 spiro atoms. The fourth-order valence-electron chi connectivity index (χ4n) is 1.30. The van der Waals surface area contributed by atoms with Gasteiger partial charge in [0.05, 0.1) is 5.38 Å². The number of para-hydroxylation sites is 1. The summed E-state index contributed by atoms with van der Waals surface area (Å²) in [5.74, 6) is 1.55. The highest BCUT2D eigenvalue weighted by atomic mass is 35.5. The van der Waals surface area contributed by atoms with Gasteiger partial charge in [0.15, 0.2) is 0 Å². The van der Waals surface area contributed by atoms with Crippen LogP contribution in [-0.4, -0.2) is 14.0 Å². The van der Waals surface area contributed by atoms with Gasteiger partial charge < -0.3 is 4.74 Å². The molecular formula is C13H19ClOSi. The van der Waals surface area contributed by atoms with Crippen LogP contribution in [0.5, 0.6) is 5.75 Å². The lowest BCUT2D eigenvalue weighted by atomic mass is 10.3. The first-order valence-electron chi connectivity index (χ1n) is 5.53. The molecule has 3 heteroatoms. The molecule has 0 saturated heterocycles. The molecule has 0 N–H and O–H groups in total. The molecule has 1 nitrogen and oxygen atoms in total. The van der Waals surface area contributed by atoms with Gasteiger partial charge in [-0.15, -0.1) is 11.6 Å². The highest BCUT2D eigenvalue weighted by Crippen LogP contribution is 2.21. The quantitative estimate of drug-likeness (QED) is 0.428. The van der Waals surface area contributed by atoms with Crippen molar-refractivity contribution in [3.63, 3.8) is 0 Å². The summed E-state index contributed by atoms with van der Waals surface area (Å²) in [4.78, 5) is 0. The number of ether oxygens (including phenoxy) is 1. The van der Waals surface area contributed by atoms with Crippen molar-refractivity contribution in [3.05, 3.63) is 41.8 Å². The minimum atomic E-state index is -1.43. The van der Waals surface area contributed by atoms with E-state index in [1.165, 1.54) is 0 Å². The molecule has 0 aliphatic carbocycles. The maximum atomic E-state index is 5.95. The second-order valence-electron chi connectivity index (χ2n) is 4.71. The van der Waals surface area contributed by atoms with E-state index in [9.17, 15) is 0 Å². The van der Waals surface area contributed by atoms with Crippen molar-refractivity contribution in [2.75, 3.05) is 5.88 Å². The zero-order chi connectivity index (χ0) is 12.0. The zero-order valence-electron chi connectivity index (χ0n) is 10.2. The minimum Gasteiger partial charge on any atom is -0.467 e. The van der Waals surface area contributed by atoms with E-state index in [4.69, 9.17) is 16.3 Å². The number of benzene rings is 1. The molecule has 0 atom stereocenters. The fraction of sp³-hybridized carbons (Fsp3) is 0.385. The molecule has 88 valence electrons. The lowest BCUT2D eigenvalue weighted by molar-refractivity contribution is 0.453. The van der Waals surface area contributed by atoms with Crippen molar-refractivity contribution in [3.8, 4) is 5.75 Å². The Morgan fingerprint density at radius 2 is 1.88 bits per heavy atom. The van der Waals surface area contributed by atoms with Crippen LogP contribution < -0.4 is 4.74 Å². The predicted molar refractivity (Wildman–Crippen MR) is 73.8 cm³/mol. The van der Waals surface area contributed by atoms with Gasteiger partial charge in [-0.1, -0.05) is 37.8 Å². The van der Waals surface area contributed by atoms with Crippen molar-refractivity contribution < 1.29 is 4.74 Å².